The molecular formula is C8H8N6O. The van der Waals surface area contributed by atoms with Crippen molar-refractivity contribution in [3.05, 3.63) is 29.1 Å². The average molecular weight is 204 g/mol. The number of hydrogen-bond acceptors (Lipinski definition) is 4. The van der Waals surface area contributed by atoms with E-state index in [0.717, 1.165) is 0 Å². The van der Waals surface area contributed by atoms with E-state index < -0.39 is 0 Å². The van der Waals surface area contributed by atoms with Crippen molar-refractivity contribution in [3.63, 3.8) is 0 Å². The number of hydrogen-bond donors (Lipinski definition) is 2. The Balaban J connectivity index is 2.67. The molecule has 7 heteroatoms. The molecule has 3 aromatic rings. The fraction of sp³-hybridized carbons (Fsp3) is 0.125. The molecule has 0 amide bonds. The molecule has 0 aromatic carbocycles. The molecule has 3 heterocycles. The van der Waals surface area contributed by atoms with Gasteiger partial charge in [-0.1, -0.05) is 0 Å². The number of aromatic nitrogens is 5. The molecule has 0 aliphatic carbocycles. The Morgan fingerprint density at radius 2 is 2.33 bits per heavy atom. The third-order valence-corrected chi connectivity index (χ3v) is 2.29. The van der Waals surface area contributed by atoms with Gasteiger partial charge in [0.15, 0.2) is 11.2 Å². The minimum absolute atomic E-state index is 0.238. The second-order valence-electron chi connectivity index (χ2n) is 3.09. The maximum absolute atomic E-state index is 11.6. The second kappa shape index (κ2) is 2.59. The van der Waals surface area contributed by atoms with Crippen LogP contribution in [0.2, 0.25) is 0 Å². The van der Waals surface area contributed by atoms with Crippen LogP contribution in [-0.4, -0.2) is 31.1 Å². The molecule has 0 aliphatic rings. The summed E-state index contributed by atoms with van der Waals surface area (Å²) in [7, 11) is 1.76. The highest BCUT2D eigenvalue weighted by molar-refractivity contribution is 5.72. The van der Waals surface area contributed by atoms with Crippen molar-refractivity contribution in [2.24, 2.45) is 0 Å². The summed E-state index contributed by atoms with van der Waals surface area (Å²) in [5.41, 5.74) is 3.73. The minimum atomic E-state index is -0.238. The summed E-state index contributed by atoms with van der Waals surface area (Å²) in [6.45, 7) is 0. The molecular weight excluding hydrogens is 196 g/mol. The van der Waals surface area contributed by atoms with Crippen molar-refractivity contribution in [2.75, 3.05) is 12.5 Å². The highest BCUT2D eigenvalue weighted by Crippen LogP contribution is 2.07. The van der Waals surface area contributed by atoms with Crippen molar-refractivity contribution in [1.29, 1.82) is 0 Å². The summed E-state index contributed by atoms with van der Waals surface area (Å²) < 4.78 is 3.43. The first kappa shape index (κ1) is 8.04. The number of nitrogens with one attached hydrogen (secondary N) is 2. The van der Waals surface area contributed by atoms with Crippen LogP contribution in [0.3, 0.4) is 0 Å². The van der Waals surface area contributed by atoms with E-state index in [2.05, 4.69) is 20.4 Å². The van der Waals surface area contributed by atoms with Crippen LogP contribution < -0.4 is 11.0 Å². The van der Waals surface area contributed by atoms with Gasteiger partial charge in [-0.3, -0.25) is 14.2 Å². The fourth-order valence-electron chi connectivity index (χ4n) is 1.62. The molecule has 15 heavy (non-hydrogen) atoms. The summed E-state index contributed by atoms with van der Waals surface area (Å²) in [4.78, 5) is 22.3. The van der Waals surface area contributed by atoms with Crippen LogP contribution in [0.15, 0.2) is 23.5 Å². The van der Waals surface area contributed by atoms with Crippen molar-refractivity contribution in [3.8, 4) is 0 Å². The smallest absolute Gasteiger partial charge is 0.280 e. The molecule has 0 bridgehead atoms. The molecule has 2 N–H and O–H groups in total. The van der Waals surface area contributed by atoms with Crippen molar-refractivity contribution >= 4 is 16.9 Å². The lowest BCUT2D eigenvalue weighted by Gasteiger charge is -2.02. The number of H-pyrrole nitrogens is 1. The van der Waals surface area contributed by atoms with Gasteiger partial charge in [-0.05, 0) is 0 Å². The van der Waals surface area contributed by atoms with Crippen LogP contribution in [0.4, 0.5) is 0 Å². The highest BCUT2D eigenvalue weighted by Gasteiger charge is 2.10. The van der Waals surface area contributed by atoms with E-state index in [4.69, 9.17) is 0 Å². The monoisotopic (exact) mass is 204 g/mol. The predicted octanol–water partition coefficient (Wildman–Crippen LogP) is -0.454. The van der Waals surface area contributed by atoms with Crippen LogP contribution in [0.5, 0.6) is 0 Å². The van der Waals surface area contributed by atoms with Gasteiger partial charge in [0.2, 0.25) is 5.78 Å². The zero-order chi connectivity index (χ0) is 10.4. The number of nitrogens with zero attached hydrogens (tertiary/aromatic N) is 4. The van der Waals surface area contributed by atoms with E-state index in [9.17, 15) is 4.79 Å². The molecule has 7 nitrogen and oxygen atoms in total. The quantitative estimate of drug-likeness (QED) is 0.562. The zero-order valence-electron chi connectivity index (χ0n) is 7.93. The van der Waals surface area contributed by atoms with E-state index in [0.29, 0.717) is 16.9 Å². The van der Waals surface area contributed by atoms with Crippen LogP contribution in [0.1, 0.15) is 0 Å². The largest absolute Gasteiger partial charge is 0.326 e. The second-order valence-corrected chi connectivity index (χ2v) is 3.09. The molecule has 0 aliphatic heterocycles. The third-order valence-electron chi connectivity index (χ3n) is 2.29. The van der Waals surface area contributed by atoms with E-state index in [1.807, 2.05) is 0 Å². The maximum atomic E-state index is 11.6. The summed E-state index contributed by atoms with van der Waals surface area (Å²) in [6, 6.07) is 0. The number of fused-ring (bicyclic) bond motifs is 3. The molecule has 0 unspecified atom stereocenters. The Morgan fingerprint density at radius 1 is 1.47 bits per heavy atom. The summed E-state index contributed by atoms with van der Waals surface area (Å²) in [5.74, 6) is 0.504. The van der Waals surface area contributed by atoms with Crippen LogP contribution in [-0.2, 0) is 0 Å². The lowest BCUT2D eigenvalue weighted by atomic mass is 10.5. The molecule has 0 radical (unpaired) electrons. The summed E-state index contributed by atoms with van der Waals surface area (Å²) in [6.07, 6.45) is 4.94. The lowest BCUT2D eigenvalue weighted by Crippen LogP contribution is -2.14. The topological polar surface area (TPSA) is 80.0 Å². The zero-order valence-corrected chi connectivity index (χ0v) is 7.93. The van der Waals surface area contributed by atoms with E-state index in [1.165, 1.54) is 0 Å². The summed E-state index contributed by atoms with van der Waals surface area (Å²) in [5, 5.41) is 0. The van der Waals surface area contributed by atoms with Gasteiger partial charge in [-0.25, -0.2) is 14.6 Å². The SMILES string of the molecule is CNn1cnc2c(=O)[nH]c3nccn3c21. The standard InChI is InChI=1S/C8H8N6O/c1-9-14-4-11-5-6(15)12-8-10-2-3-13(8)7(5)14/h2-4,9H,1H3,(H,10,12,15). The first-order valence-electron chi connectivity index (χ1n) is 4.41. The first-order valence-corrected chi connectivity index (χ1v) is 4.41. The average Bonchev–Trinajstić information content (AvgIpc) is 2.81. The predicted molar refractivity (Wildman–Crippen MR) is 54.4 cm³/mol. The fourth-order valence-corrected chi connectivity index (χ4v) is 1.62. The number of rotatable bonds is 1. The van der Waals surface area contributed by atoms with Gasteiger partial charge in [0.1, 0.15) is 6.33 Å². The van der Waals surface area contributed by atoms with Crippen LogP contribution in [0, 0.1) is 0 Å². The van der Waals surface area contributed by atoms with Gasteiger partial charge in [-0.15, -0.1) is 0 Å². The van der Waals surface area contributed by atoms with Gasteiger partial charge < -0.3 is 5.43 Å². The molecule has 3 aromatic heterocycles. The Hall–Kier alpha value is -2.31. The van der Waals surface area contributed by atoms with Crippen molar-refractivity contribution in [2.45, 2.75) is 0 Å². The number of imidazole rings is 2. The van der Waals surface area contributed by atoms with E-state index in [1.54, 1.807) is 34.8 Å². The molecule has 0 saturated carbocycles. The Bertz CT molecular complexity index is 690. The normalized spacial score (nSPS) is 11.3. The molecule has 0 atom stereocenters. The van der Waals surface area contributed by atoms with Crippen LogP contribution in [0.25, 0.3) is 16.9 Å². The van der Waals surface area contributed by atoms with E-state index >= 15 is 0 Å². The van der Waals surface area contributed by atoms with Crippen molar-refractivity contribution in [1.82, 2.24) is 24.0 Å². The Kier molecular flexibility index (Phi) is 1.39. The van der Waals surface area contributed by atoms with Gasteiger partial charge >= 0.3 is 0 Å². The number of aromatic amines is 1. The van der Waals surface area contributed by atoms with Gasteiger partial charge in [0.05, 0.1) is 0 Å². The molecule has 0 spiro atoms. The Labute approximate surface area is 83.4 Å². The highest BCUT2D eigenvalue weighted by atomic mass is 16.1. The van der Waals surface area contributed by atoms with Crippen molar-refractivity contribution < 1.29 is 0 Å². The maximum Gasteiger partial charge on any atom is 0.280 e. The van der Waals surface area contributed by atoms with Gasteiger partial charge in [-0.2, -0.15) is 0 Å². The lowest BCUT2D eigenvalue weighted by molar-refractivity contribution is 0.925. The molecule has 76 valence electrons. The molecule has 0 fully saturated rings. The minimum Gasteiger partial charge on any atom is -0.326 e. The van der Waals surface area contributed by atoms with Gasteiger partial charge in [0, 0.05) is 19.4 Å². The third kappa shape index (κ3) is 0.912. The summed E-state index contributed by atoms with van der Waals surface area (Å²) >= 11 is 0. The molecule has 0 saturated heterocycles. The molecule has 3 rings (SSSR count). The Morgan fingerprint density at radius 3 is 3.13 bits per heavy atom. The first-order chi connectivity index (χ1) is 7.31. The van der Waals surface area contributed by atoms with E-state index in [-0.39, 0.29) is 5.56 Å². The van der Waals surface area contributed by atoms with Gasteiger partial charge in [0.25, 0.3) is 5.56 Å². The van der Waals surface area contributed by atoms with Crippen LogP contribution >= 0.6 is 0 Å².